The molecule has 1 aliphatic rings. The molecular weight excluding hydrogens is 252 g/mol. The maximum atomic E-state index is 12.5. The van der Waals surface area contributed by atoms with Crippen LogP contribution in [0.1, 0.15) is 36.1 Å². The molecule has 1 amide bonds. The van der Waals surface area contributed by atoms with Gasteiger partial charge in [0, 0.05) is 19.0 Å². The number of hydrogen-bond acceptors (Lipinski definition) is 3. The summed E-state index contributed by atoms with van der Waals surface area (Å²) in [7, 11) is 1.76. The monoisotopic (exact) mass is 270 g/mol. The average Bonchev–Trinajstić information content (AvgIpc) is 2.83. The maximum Gasteiger partial charge on any atom is 0.294 e. The van der Waals surface area contributed by atoms with Gasteiger partial charge in [0.2, 0.25) is 5.82 Å². The Morgan fingerprint density at radius 1 is 1.30 bits per heavy atom. The number of rotatable bonds is 2. The molecule has 1 atom stereocenters. The molecule has 1 fully saturated rings. The molecule has 2 heterocycles. The lowest BCUT2D eigenvalue weighted by molar-refractivity contribution is -0.0330. The van der Waals surface area contributed by atoms with Crippen LogP contribution in [0.2, 0.25) is 0 Å². The summed E-state index contributed by atoms with van der Waals surface area (Å²) in [6.45, 7) is 5.09. The molecule has 1 aromatic heterocycles. The third-order valence-corrected chi connectivity index (χ3v) is 3.80. The molecule has 0 N–H and O–H groups in total. The van der Waals surface area contributed by atoms with Gasteiger partial charge in [0.1, 0.15) is 6.33 Å². The molecule has 104 valence electrons. The van der Waals surface area contributed by atoms with E-state index < -0.39 is 0 Å². The van der Waals surface area contributed by atoms with E-state index in [1.807, 2.05) is 23.1 Å². The zero-order chi connectivity index (χ0) is 14.3. The van der Waals surface area contributed by atoms with Gasteiger partial charge in [-0.05, 0) is 5.56 Å². The fraction of sp³-hybridized carbons (Fsp3) is 0.400. The van der Waals surface area contributed by atoms with E-state index in [9.17, 15) is 4.79 Å². The molecule has 0 bridgehead atoms. The summed E-state index contributed by atoms with van der Waals surface area (Å²) in [5.41, 5.74) is 1.24. The van der Waals surface area contributed by atoms with Crippen molar-refractivity contribution in [3.63, 3.8) is 0 Å². The summed E-state index contributed by atoms with van der Waals surface area (Å²) in [5, 5.41) is 4.10. The molecule has 0 spiro atoms. The molecule has 1 saturated heterocycles. The minimum Gasteiger partial charge on any atom is -0.328 e. The van der Waals surface area contributed by atoms with E-state index in [-0.39, 0.29) is 23.2 Å². The third kappa shape index (κ3) is 1.99. The predicted octanol–water partition coefficient (Wildman–Crippen LogP) is 2.04. The molecule has 3 rings (SSSR count). The van der Waals surface area contributed by atoms with E-state index in [1.54, 1.807) is 18.1 Å². The Morgan fingerprint density at radius 3 is 2.55 bits per heavy atom. The van der Waals surface area contributed by atoms with Crippen molar-refractivity contribution in [3.05, 3.63) is 48.0 Å². The van der Waals surface area contributed by atoms with Gasteiger partial charge in [-0.15, -0.1) is 5.10 Å². The van der Waals surface area contributed by atoms with Crippen LogP contribution in [-0.2, 0) is 7.05 Å². The lowest BCUT2D eigenvalue weighted by Gasteiger charge is -2.54. The van der Waals surface area contributed by atoms with Gasteiger partial charge in [-0.2, -0.15) is 0 Å². The Labute approximate surface area is 118 Å². The highest BCUT2D eigenvalue weighted by Crippen LogP contribution is 2.48. The Morgan fingerprint density at radius 2 is 2.00 bits per heavy atom. The van der Waals surface area contributed by atoms with Crippen molar-refractivity contribution in [1.29, 1.82) is 0 Å². The molecule has 1 unspecified atom stereocenters. The van der Waals surface area contributed by atoms with Crippen LogP contribution in [0.25, 0.3) is 0 Å². The van der Waals surface area contributed by atoms with Gasteiger partial charge in [-0.25, -0.2) is 4.98 Å². The van der Waals surface area contributed by atoms with Crippen LogP contribution in [-0.4, -0.2) is 32.1 Å². The van der Waals surface area contributed by atoms with Crippen molar-refractivity contribution < 1.29 is 4.79 Å². The summed E-state index contributed by atoms with van der Waals surface area (Å²) < 4.78 is 1.55. The van der Waals surface area contributed by atoms with Crippen LogP contribution >= 0.6 is 0 Å². The van der Waals surface area contributed by atoms with Gasteiger partial charge in [-0.1, -0.05) is 44.2 Å². The highest BCUT2D eigenvalue weighted by Gasteiger charge is 2.49. The predicted molar refractivity (Wildman–Crippen MR) is 75.0 cm³/mol. The zero-order valence-electron chi connectivity index (χ0n) is 11.9. The van der Waals surface area contributed by atoms with Crippen LogP contribution in [0.3, 0.4) is 0 Å². The number of likely N-dealkylation sites (tertiary alicyclic amines) is 1. The number of aromatic nitrogens is 3. The topological polar surface area (TPSA) is 51.0 Å². The Bertz CT molecular complexity index is 632. The molecule has 0 radical (unpaired) electrons. The molecule has 1 aromatic carbocycles. The first-order chi connectivity index (χ1) is 9.49. The third-order valence-electron chi connectivity index (χ3n) is 3.80. The quantitative estimate of drug-likeness (QED) is 0.839. The molecule has 2 aromatic rings. The SMILES string of the molecule is Cn1cnc(C(=O)N2CC(C)(C)C2c2ccccc2)n1. The minimum atomic E-state index is -0.0984. The van der Waals surface area contributed by atoms with E-state index in [2.05, 4.69) is 36.1 Å². The normalized spacial score (nSPS) is 20.6. The number of carbonyl (C=O) groups is 1. The fourth-order valence-electron chi connectivity index (χ4n) is 2.95. The number of benzene rings is 1. The summed E-state index contributed by atoms with van der Waals surface area (Å²) in [6, 6.07) is 10.2. The average molecular weight is 270 g/mol. The van der Waals surface area contributed by atoms with Crippen LogP contribution in [0.4, 0.5) is 0 Å². The number of aryl methyl sites for hydroxylation is 1. The highest BCUT2D eigenvalue weighted by molar-refractivity contribution is 5.91. The summed E-state index contributed by atoms with van der Waals surface area (Å²) in [6.07, 6.45) is 1.55. The van der Waals surface area contributed by atoms with Crippen molar-refractivity contribution in [2.75, 3.05) is 6.54 Å². The standard InChI is InChI=1S/C15H18N4O/c1-15(2)9-19(12(15)11-7-5-4-6-8-11)14(20)13-16-10-18(3)17-13/h4-8,10,12H,9H2,1-3H3. The Kier molecular flexibility index (Phi) is 2.85. The van der Waals surface area contributed by atoms with Gasteiger partial charge >= 0.3 is 0 Å². The van der Waals surface area contributed by atoms with Crippen LogP contribution in [0, 0.1) is 5.41 Å². The first-order valence-corrected chi connectivity index (χ1v) is 6.70. The molecule has 5 heteroatoms. The largest absolute Gasteiger partial charge is 0.328 e. The second-order valence-electron chi connectivity index (χ2n) is 5.98. The van der Waals surface area contributed by atoms with Crippen molar-refractivity contribution in [3.8, 4) is 0 Å². The molecule has 0 saturated carbocycles. The maximum absolute atomic E-state index is 12.5. The first kappa shape index (κ1) is 12.8. The van der Waals surface area contributed by atoms with Crippen LogP contribution < -0.4 is 0 Å². The smallest absolute Gasteiger partial charge is 0.294 e. The van der Waals surface area contributed by atoms with Crippen molar-refractivity contribution >= 4 is 5.91 Å². The molecule has 20 heavy (non-hydrogen) atoms. The zero-order valence-corrected chi connectivity index (χ0v) is 11.9. The molecular formula is C15H18N4O. The summed E-state index contributed by atoms with van der Waals surface area (Å²) in [4.78, 5) is 18.4. The molecule has 0 aliphatic carbocycles. The Hall–Kier alpha value is -2.17. The van der Waals surface area contributed by atoms with Crippen molar-refractivity contribution in [2.45, 2.75) is 19.9 Å². The van der Waals surface area contributed by atoms with E-state index >= 15 is 0 Å². The molecule has 1 aliphatic heterocycles. The number of carbonyl (C=O) groups excluding carboxylic acids is 1. The van der Waals surface area contributed by atoms with Crippen LogP contribution in [0.5, 0.6) is 0 Å². The highest BCUT2D eigenvalue weighted by atomic mass is 16.2. The van der Waals surface area contributed by atoms with Crippen molar-refractivity contribution in [2.24, 2.45) is 12.5 Å². The van der Waals surface area contributed by atoms with Gasteiger partial charge in [0.25, 0.3) is 5.91 Å². The van der Waals surface area contributed by atoms with Gasteiger partial charge in [0.15, 0.2) is 0 Å². The minimum absolute atomic E-state index is 0.0752. The molecule has 5 nitrogen and oxygen atoms in total. The number of nitrogens with zero attached hydrogens (tertiary/aromatic N) is 4. The second kappa shape index (κ2) is 4.44. The van der Waals surface area contributed by atoms with E-state index in [1.165, 1.54) is 0 Å². The number of amides is 1. The van der Waals surface area contributed by atoms with Crippen LogP contribution in [0.15, 0.2) is 36.7 Å². The second-order valence-corrected chi connectivity index (χ2v) is 5.98. The van der Waals surface area contributed by atoms with E-state index in [0.717, 1.165) is 12.1 Å². The number of hydrogen-bond donors (Lipinski definition) is 0. The van der Waals surface area contributed by atoms with Crippen molar-refractivity contribution in [1.82, 2.24) is 19.7 Å². The van der Waals surface area contributed by atoms with E-state index in [4.69, 9.17) is 0 Å². The summed E-state index contributed by atoms with van der Waals surface area (Å²) >= 11 is 0. The van der Waals surface area contributed by atoms with Gasteiger partial charge in [-0.3, -0.25) is 9.48 Å². The lowest BCUT2D eigenvalue weighted by Crippen LogP contribution is -2.58. The van der Waals surface area contributed by atoms with Gasteiger partial charge < -0.3 is 4.90 Å². The van der Waals surface area contributed by atoms with E-state index in [0.29, 0.717) is 0 Å². The fourth-order valence-corrected chi connectivity index (χ4v) is 2.95. The first-order valence-electron chi connectivity index (χ1n) is 6.70. The summed E-state index contributed by atoms with van der Waals surface area (Å²) in [5.74, 6) is 0.169. The Balaban J connectivity index is 1.89. The van der Waals surface area contributed by atoms with Gasteiger partial charge in [0.05, 0.1) is 6.04 Å². The lowest BCUT2D eigenvalue weighted by atomic mass is 9.71.